The molecular formula is H5N6O2-. The first-order valence-electron chi connectivity index (χ1n) is 1.52. The highest BCUT2D eigenvalue weighted by Gasteiger charge is 1.76. The Kier molecular flexibility index (Phi) is 3.70. The summed E-state index contributed by atoms with van der Waals surface area (Å²) in [4.78, 5) is 3.75. The molecule has 0 aliphatic carbocycles. The maximum Gasteiger partial charge on any atom is -0.0362 e. The number of nitrogens with zero attached hydrogens (tertiary/aromatic N) is 3. The number of hydrogen-bond donors (Lipinski definition) is 3. The minimum atomic E-state index is -0.292. The number of rotatable bonds is 3. The van der Waals surface area contributed by atoms with Crippen LogP contribution in [0.25, 0.3) is 0 Å². The molecule has 0 heterocycles. The van der Waals surface area contributed by atoms with Gasteiger partial charge in [0.15, 0.2) is 0 Å². The van der Waals surface area contributed by atoms with Gasteiger partial charge in [0.2, 0.25) is 0 Å². The molecular weight excluding hydrogens is 116 g/mol. The molecule has 0 unspecified atom stereocenters. The highest BCUT2D eigenvalue weighted by molar-refractivity contribution is 4.20. The molecule has 8 heteroatoms. The smallest absolute Gasteiger partial charge is 0.0362 e. The lowest BCUT2D eigenvalue weighted by Crippen LogP contribution is -2.28. The first-order chi connectivity index (χ1) is 3.81. The van der Waals surface area contributed by atoms with Gasteiger partial charge in [-0.25, -0.2) is 5.84 Å². The van der Waals surface area contributed by atoms with Gasteiger partial charge in [0.05, 0.1) is 0 Å². The summed E-state index contributed by atoms with van der Waals surface area (Å²) in [6, 6.07) is 0. The van der Waals surface area contributed by atoms with Crippen LogP contribution in [0.5, 0.6) is 0 Å². The van der Waals surface area contributed by atoms with Gasteiger partial charge < -0.3 is 11.0 Å². The summed E-state index contributed by atoms with van der Waals surface area (Å²) in [5.74, 6) is 8.93. The van der Waals surface area contributed by atoms with E-state index < -0.39 is 0 Å². The van der Waals surface area contributed by atoms with Crippen LogP contribution in [0.4, 0.5) is 0 Å². The van der Waals surface area contributed by atoms with E-state index in [1.54, 1.807) is 5.59 Å². The molecule has 0 saturated heterocycles. The molecule has 0 spiro atoms. The lowest BCUT2D eigenvalue weighted by molar-refractivity contribution is -0.183. The van der Waals surface area contributed by atoms with Crippen LogP contribution in [-0.2, 0) is 4.94 Å². The summed E-state index contributed by atoms with van der Waals surface area (Å²) in [5, 5.41) is 14.8. The van der Waals surface area contributed by atoms with E-state index in [4.69, 9.17) is 0 Å². The fraction of sp³-hybridized carbons (Fsp3) is 0. The average molecular weight is 121 g/mol. The standard InChI is InChI=1S/H5N6O2/c1-3-5-6(7)8-4-2/h4H,2H2,(H2,1,5)/q-1. The molecule has 0 aliphatic rings. The van der Waals surface area contributed by atoms with Crippen molar-refractivity contribution in [2.24, 2.45) is 22.1 Å². The zero-order chi connectivity index (χ0) is 6.41. The number of nitrogens with one attached hydrogen (secondary N) is 1. The van der Waals surface area contributed by atoms with E-state index in [1.807, 2.05) is 0 Å². The van der Waals surface area contributed by atoms with E-state index in [1.165, 1.54) is 0 Å². The zero-order valence-electron chi connectivity index (χ0n) is 3.81. The van der Waals surface area contributed by atoms with Crippen LogP contribution in [0, 0.1) is 5.21 Å². The van der Waals surface area contributed by atoms with Crippen molar-refractivity contribution in [1.29, 1.82) is 0 Å². The lowest BCUT2D eigenvalue weighted by atomic mass is 12.4. The first kappa shape index (κ1) is 7.04. The normalized spacial score (nSPS) is 10.2. The quantitative estimate of drug-likeness (QED) is 0.233. The molecule has 0 aromatic rings. The van der Waals surface area contributed by atoms with E-state index in [0.717, 1.165) is 0 Å². The Labute approximate surface area is 44.5 Å². The molecule has 48 valence electrons. The minimum Gasteiger partial charge on any atom is -0.713 e. The average Bonchev–Trinajstić information content (AvgIpc) is 1.68. The second-order valence-corrected chi connectivity index (χ2v) is 0.652. The van der Waals surface area contributed by atoms with Crippen LogP contribution in [0.3, 0.4) is 0 Å². The monoisotopic (exact) mass is 121 g/mol. The SMILES string of the molecule is N/N=N\N([O-])ONN. The highest BCUT2D eigenvalue weighted by Crippen LogP contribution is 1.80. The predicted molar refractivity (Wildman–Crippen MR) is 22.7 cm³/mol. The third kappa shape index (κ3) is 3.24. The molecule has 0 radical (unpaired) electrons. The van der Waals surface area contributed by atoms with Crippen molar-refractivity contribution in [2.75, 3.05) is 0 Å². The van der Waals surface area contributed by atoms with Gasteiger partial charge in [-0.05, 0) is 5.22 Å². The number of nitrogens with two attached hydrogens (primary N) is 2. The van der Waals surface area contributed by atoms with Crippen molar-refractivity contribution in [3.8, 4) is 0 Å². The summed E-state index contributed by atoms with van der Waals surface area (Å²) in [6.45, 7) is 0. The van der Waals surface area contributed by atoms with Crippen molar-refractivity contribution < 1.29 is 4.94 Å². The minimum absolute atomic E-state index is 0.292. The second kappa shape index (κ2) is 4.21. The van der Waals surface area contributed by atoms with E-state index in [0.29, 0.717) is 0 Å². The summed E-state index contributed by atoms with van der Waals surface area (Å²) in [7, 11) is 0. The van der Waals surface area contributed by atoms with E-state index in [9.17, 15) is 5.21 Å². The molecule has 8 nitrogen and oxygen atoms in total. The molecule has 0 fully saturated rings. The second-order valence-electron chi connectivity index (χ2n) is 0.652. The Bertz CT molecular complexity index is 68.9. The van der Waals surface area contributed by atoms with Crippen LogP contribution in [0.1, 0.15) is 0 Å². The van der Waals surface area contributed by atoms with Crippen LogP contribution in [0.2, 0.25) is 0 Å². The van der Waals surface area contributed by atoms with Gasteiger partial charge in [0.25, 0.3) is 0 Å². The van der Waals surface area contributed by atoms with Crippen molar-refractivity contribution in [2.45, 2.75) is 0 Å². The van der Waals surface area contributed by atoms with Crippen LogP contribution >= 0.6 is 0 Å². The predicted octanol–water partition coefficient (Wildman–Crippen LogP) is -1.66. The van der Waals surface area contributed by atoms with Crippen molar-refractivity contribution in [3.05, 3.63) is 5.21 Å². The number of hydrogen-bond acceptors (Lipinski definition) is 6. The van der Waals surface area contributed by atoms with Crippen molar-refractivity contribution in [3.63, 3.8) is 0 Å². The Balaban J connectivity index is 3.17. The van der Waals surface area contributed by atoms with Crippen LogP contribution < -0.4 is 17.3 Å². The fourth-order valence-corrected chi connectivity index (χ4v) is 0.106. The molecule has 0 atom stereocenters. The molecule has 8 heavy (non-hydrogen) atoms. The summed E-state index contributed by atoms with van der Waals surface area (Å²) in [6.07, 6.45) is 0. The summed E-state index contributed by atoms with van der Waals surface area (Å²) in [5.41, 5.74) is 1.56. The summed E-state index contributed by atoms with van der Waals surface area (Å²) < 4.78 is 0. The Morgan fingerprint density at radius 2 is 2.38 bits per heavy atom. The maximum absolute atomic E-state index is 9.85. The van der Waals surface area contributed by atoms with E-state index >= 15 is 0 Å². The molecule has 0 aromatic carbocycles. The van der Waals surface area contributed by atoms with Crippen molar-refractivity contribution in [1.82, 2.24) is 10.9 Å². The molecule has 0 bridgehead atoms. The van der Waals surface area contributed by atoms with Gasteiger partial charge in [0.1, 0.15) is 0 Å². The molecule has 0 aliphatic heterocycles. The molecule has 0 saturated carbocycles. The topological polar surface area (TPSA) is 124 Å². The molecule has 0 rings (SSSR count). The number of hydrazine groups is 1. The summed E-state index contributed by atoms with van der Waals surface area (Å²) >= 11 is 0. The van der Waals surface area contributed by atoms with Gasteiger partial charge in [-0.3, -0.25) is 0 Å². The zero-order valence-corrected chi connectivity index (χ0v) is 3.81. The molecule has 0 amide bonds. The fourth-order valence-electron chi connectivity index (χ4n) is 0.106. The van der Waals surface area contributed by atoms with Gasteiger partial charge in [-0.15, -0.1) is 5.59 Å². The van der Waals surface area contributed by atoms with E-state index in [2.05, 4.69) is 27.1 Å². The molecule has 5 N–H and O–H groups in total. The largest absolute Gasteiger partial charge is 0.713 e. The van der Waals surface area contributed by atoms with Gasteiger partial charge in [0, 0.05) is 0 Å². The molecule has 0 aromatic heterocycles. The third-order valence-electron chi connectivity index (χ3n) is 0.255. The Morgan fingerprint density at radius 3 is 2.75 bits per heavy atom. The maximum atomic E-state index is 9.85. The van der Waals surface area contributed by atoms with Gasteiger partial charge in [-0.1, -0.05) is 5.22 Å². The highest BCUT2D eigenvalue weighted by atomic mass is 17.0. The third-order valence-corrected chi connectivity index (χ3v) is 0.255. The van der Waals surface area contributed by atoms with Gasteiger partial charge in [-0.2, -0.15) is 10.3 Å². The Hall–Kier alpha value is -0.960. The lowest BCUT2D eigenvalue weighted by Gasteiger charge is -2.17. The van der Waals surface area contributed by atoms with Crippen LogP contribution in [0.15, 0.2) is 10.4 Å². The van der Waals surface area contributed by atoms with Crippen molar-refractivity contribution >= 4 is 0 Å². The van der Waals surface area contributed by atoms with E-state index in [-0.39, 0.29) is 5.34 Å². The van der Waals surface area contributed by atoms with Crippen LogP contribution in [-0.4, -0.2) is 5.34 Å². The van der Waals surface area contributed by atoms with Gasteiger partial charge >= 0.3 is 0 Å². The Morgan fingerprint density at radius 1 is 1.75 bits per heavy atom. The first-order valence-corrected chi connectivity index (χ1v) is 1.52.